The number of rotatable bonds is 7. The summed E-state index contributed by atoms with van der Waals surface area (Å²) >= 11 is 0. The molecular weight excluding hydrogens is 467 g/mol. The first-order valence-electron chi connectivity index (χ1n) is 12.0. The largest absolute Gasteiger partial charge is 0.365 e. The molecule has 2 aromatic heterocycles. The van der Waals surface area contributed by atoms with Gasteiger partial charge in [0.05, 0.1) is 11.2 Å². The van der Waals surface area contributed by atoms with Crippen LogP contribution in [-0.2, 0) is 20.1 Å². The number of halogens is 1. The predicted octanol–water partition coefficient (Wildman–Crippen LogP) is 5.36. The number of amides is 1. The lowest BCUT2D eigenvalue weighted by molar-refractivity contribution is 0.0773. The van der Waals surface area contributed by atoms with Gasteiger partial charge in [0.25, 0.3) is 5.91 Å². The Bertz CT molecular complexity index is 1580. The molecule has 7 nitrogen and oxygen atoms in total. The first-order chi connectivity index (χ1) is 17.9. The van der Waals surface area contributed by atoms with Crippen LogP contribution >= 0.6 is 0 Å². The van der Waals surface area contributed by atoms with E-state index in [1.54, 1.807) is 43.3 Å². The highest BCUT2D eigenvalue weighted by Gasteiger charge is 2.18. The van der Waals surface area contributed by atoms with E-state index in [0.29, 0.717) is 17.8 Å². The minimum Gasteiger partial charge on any atom is -0.365 e. The van der Waals surface area contributed by atoms with E-state index in [2.05, 4.69) is 32.5 Å². The molecule has 0 saturated carbocycles. The molecule has 0 bridgehead atoms. The number of fused-ring (bicyclic) bond motifs is 1. The summed E-state index contributed by atoms with van der Waals surface area (Å²) in [4.78, 5) is 23.3. The second-order valence-electron chi connectivity index (χ2n) is 9.06. The van der Waals surface area contributed by atoms with Crippen molar-refractivity contribution >= 4 is 22.6 Å². The molecule has 2 heterocycles. The zero-order valence-corrected chi connectivity index (χ0v) is 20.9. The minimum absolute atomic E-state index is 0.128. The van der Waals surface area contributed by atoms with Gasteiger partial charge >= 0.3 is 0 Å². The van der Waals surface area contributed by atoms with Gasteiger partial charge in [-0.3, -0.25) is 9.48 Å². The average Bonchev–Trinajstić information content (AvgIpc) is 3.26. The lowest BCUT2D eigenvalue weighted by atomic mass is 10.0. The first-order valence-corrected chi connectivity index (χ1v) is 12.0. The van der Waals surface area contributed by atoms with Crippen LogP contribution in [0.25, 0.3) is 22.0 Å². The van der Waals surface area contributed by atoms with E-state index in [9.17, 15) is 9.18 Å². The Balaban J connectivity index is 1.41. The maximum absolute atomic E-state index is 14.8. The standard InChI is InChI=1S/C29H27FN6O/c1-19-13-27(36(3)34-19)29(37)35(2)17-23-14-21(9-11-25(23)30)22-10-12-26-24(15-22)28(33-18-32-26)31-16-20-7-5-4-6-8-20/h4-15,18H,16-17H2,1-3H3,(H,31,32,33). The molecule has 3 aromatic carbocycles. The maximum Gasteiger partial charge on any atom is 0.272 e. The number of nitrogens with one attached hydrogen (secondary N) is 1. The van der Waals surface area contributed by atoms with Crippen LogP contribution in [0, 0.1) is 12.7 Å². The van der Waals surface area contributed by atoms with E-state index in [1.807, 2.05) is 43.3 Å². The van der Waals surface area contributed by atoms with Gasteiger partial charge in [0, 0.05) is 38.1 Å². The summed E-state index contributed by atoms with van der Waals surface area (Å²) in [7, 11) is 3.39. The molecule has 0 spiro atoms. The molecule has 0 saturated heterocycles. The van der Waals surface area contributed by atoms with Crippen LogP contribution in [-0.4, -0.2) is 37.6 Å². The number of aryl methyl sites for hydroxylation is 2. The topological polar surface area (TPSA) is 75.9 Å². The van der Waals surface area contributed by atoms with Crippen molar-refractivity contribution in [2.75, 3.05) is 12.4 Å². The number of hydrogen-bond acceptors (Lipinski definition) is 5. The molecule has 8 heteroatoms. The van der Waals surface area contributed by atoms with E-state index in [0.717, 1.165) is 39.1 Å². The summed E-state index contributed by atoms with van der Waals surface area (Å²) in [5.74, 6) is 0.152. The van der Waals surface area contributed by atoms with Crippen molar-refractivity contribution in [1.29, 1.82) is 0 Å². The Hall–Kier alpha value is -4.59. The normalized spacial score (nSPS) is 11.0. The second-order valence-corrected chi connectivity index (χ2v) is 9.06. The Kier molecular flexibility index (Phi) is 6.64. The lowest BCUT2D eigenvalue weighted by Gasteiger charge is -2.18. The third kappa shape index (κ3) is 5.18. The summed E-state index contributed by atoms with van der Waals surface area (Å²) in [6.07, 6.45) is 1.54. The van der Waals surface area contributed by atoms with Crippen molar-refractivity contribution < 1.29 is 9.18 Å². The lowest BCUT2D eigenvalue weighted by Crippen LogP contribution is -2.28. The van der Waals surface area contributed by atoms with E-state index in [4.69, 9.17) is 0 Å². The van der Waals surface area contributed by atoms with Crippen molar-refractivity contribution in [2.24, 2.45) is 7.05 Å². The Labute approximate surface area is 214 Å². The number of benzene rings is 3. The highest BCUT2D eigenvalue weighted by Crippen LogP contribution is 2.29. The van der Waals surface area contributed by atoms with Gasteiger partial charge in [0.1, 0.15) is 23.7 Å². The summed E-state index contributed by atoms with van der Waals surface area (Å²) in [6, 6.07) is 22.7. The number of anilines is 1. The monoisotopic (exact) mass is 494 g/mol. The predicted molar refractivity (Wildman–Crippen MR) is 142 cm³/mol. The molecule has 0 atom stereocenters. The number of carbonyl (C=O) groups excluding carboxylic acids is 1. The molecule has 0 aliphatic heterocycles. The van der Waals surface area contributed by atoms with Crippen LogP contribution in [0.3, 0.4) is 0 Å². The van der Waals surface area contributed by atoms with Gasteiger partial charge in [-0.25, -0.2) is 14.4 Å². The van der Waals surface area contributed by atoms with Crippen molar-refractivity contribution in [3.05, 3.63) is 107 Å². The smallest absolute Gasteiger partial charge is 0.272 e. The van der Waals surface area contributed by atoms with Crippen molar-refractivity contribution in [3.8, 4) is 11.1 Å². The molecule has 0 aliphatic rings. The average molecular weight is 495 g/mol. The van der Waals surface area contributed by atoms with Crippen LogP contribution in [0.5, 0.6) is 0 Å². The van der Waals surface area contributed by atoms with Crippen LogP contribution < -0.4 is 5.32 Å². The molecule has 5 aromatic rings. The molecule has 186 valence electrons. The number of carbonyl (C=O) groups is 1. The molecular formula is C29H27FN6O. The summed E-state index contributed by atoms with van der Waals surface area (Å²) in [6.45, 7) is 2.59. The molecule has 0 aliphatic carbocycles. The fourth-order valence-electron chi connectivity index (χ4n) is 4.37. The van der Waals surface area contributed by atoms with Crippen molar-refractivity contribution in [2.45, 2.75) is 20.0 Å². The zero-order chi connectivity index (χ0) is 25.9. The van der Waals surface area contributed by atoms with Crippen molar-refractivity contribution in [3.63, 3.8) is 0 Å². The highest BCUT2D eigenvalue weighted by molar-refractivity contribution is 5.93. The SMILES string of the molecule is Cc1cc(C(=O)N(C)Cc2cc(-c3ccc4ncnc(NCc5ccccc5)c4c3)ccc2F)n(C)n1. The third-order valence-electron chi connectivity index (χ3n) is 6.29. The van der Waals surface area contributed by atoms with Gasteiger partial charge in [0.15, 0.2) is 0 Å². The van der Waals surface area contributed by atoms with Crippen LogP contribution in [0.15, 0.2) is 79.1 Å². The first kappa shape index (κ1) is 24.1. The van der Waals surface area contributed by atoms with E-state index in [1.165, 1.54) is 11.0 Å². The second kappa shape index (κ2) is 10.2. The Morgan fingerprint density at radius 2 is 1.76 bits per heavy atom. The van der Waals surface area contributed by atoms with Gasteiger partial charge in [-0.1, -0.05) is 42.5 Å². The fourth-order valence-corrected chi connectivity index (χ4v) is 4.37. The maximum atomic E-state index is 14.8. The molecule has 0 radical (unpaired) electrons. The van der Waals surface area contributed by atoms with Gasteiger partial charge < -0.3 is 10.2 Å². The quantitative estimate of drug-likeness (QED) is 0.330. The van der Waals surface area contributed by atoms with E-state index >= 15 is 0 Å². The molecule has 0 unspecified atom stereocenters. The number of aromatic nitrogens is 4. The molecule has 1 N–H and O–H groups in total. The van der Waals surface area contributed by atoms with Gasteiger partial charge in [-0.05, 0) is 53.9 Å². The van der Waals surface area contributed by atoms with E-state index in [-0.39, 0.29) is 18.3 Å². The van der Waals surface area contributed by atoms with Gasteiger partial charge in [-0.2, -0.15) is 5.10 Å². The van der Waals surface area contributed by atoms with E-state index < -0.39 is 0 Å². The van der Waals surface area contributed by atoms with Gasteiger partial charge in [0.2, 0.25) is 0 Å². The van der Waals surface area contributed by atoms with Crippen LogP contribution in [0.1, 0.15) is 27.3 Å². The third-order valence-corrected chi connectivity index (χ3v) is 6.29. The number of hydrogen-bond donors (Lipinski definition) is 1. The summed E-state index contributed by atoms with van der Waals surface area (Å²) in [5.41, 5.74) is 5.35. The molecule has 5 rings (SSSR count). The number of nitrogens with zero attached hydrogens (tertiary/aromatic N) is 5. The fraction of sp³-hybridized carbons (Fsp3) is 0.172. The molecule has 37 heavy (non-hydrogen) atoms. The summed E-state index contributed by atoms with van der Waals surface area (Å²) < 4.78 is 16.3. The Morgan fingerprint density at radius 3 is 2.51 bits per heavy atom. The molecule has 1 amide bonds. The van der Waals surface area contributed by atoms with Crippen molar-refractivity contribution in [1.82, 2.24) is 24.6 Å². The zero-order valence-electron chi connectivity index (χ0n) is 20.9. The Morgan fingerprint density at radius 1 is 1.00 bits per heavy atom. The highest BCUT2D eigenvalue weighted by atomic mass is 19.1. The minimum atomic E-state index is -0.362. The van der Waals surface area contributed by atoms with Crippen LogP contribution in [0.2, 0.25) is 0 Å². The summed E-state index contributed by atoms with van der Waals surface area (Å²) in [5, 5.41) is 8.51. The van der Waals surface area contributed by atoms with Crippen LogP contribution in [0.4, 0.5) is 10.2 Å². The van der Waals surface area contributed by atoms with Gasteiger partial charge in [-0.15, -0.1) is 0 Å². The molecule has 0 fully saturated rings.